The van der Waals surface area contributed by atoms with E-state index in [9.17, 15) is 14.7 Å². The van der Waals surface area contributed by atoms with Crippen LogP contribution >= 0.6 is 0 Å². The van der Waals surface area contributed by atoms with E-state index in [-0.39, 0.29) is 23.5 Å². The Morgan fingerprint density at radius 2 is 1.67 bits per heavy atom. The fourth-order valence-corrected chi connectivity index (χ4v) is 8.78. The molecule has 0 aromatic rings. The summed E-state index contributed by atoms with van der Waals surface area (Å²) in [5.74, 6) is 1.83. The van der Waals surface area contributed by atoms with Crippen molar-refractivity contribution in [3.63, 3.8) is 0 Å². The predicted molar refractivity (Wildman–Crippen MR) is 129 cm³/mol. The number of hydrogen-bond donors (Lipinski definition) is 2. The molecular weight excluding hydrogens is 416 g/mol. The number of nitrogens with one attached hydrogen (secondary N) is 1. The third kappa shape index (κ3) is 4.53. The molecule has 0 aliphatic heterocycles. The van der Waals surface area contributed by atoms with Crippen LogP contribution in [0.3, 0.4) is 0 Å². The van der Waals surface area contributed by atoms with E-state index < -0.39 is 5.97 Å². The van der Waals surface area contributed by atoms with Gasteiger partial charge in [-0.1, -0.05) is 27.7 Å². The van der Waals surface area contributed by atoms with Crippen molar-refractivity contribution < 1.29 is 19.4 Å². The largest absolute Gasteiger partial charge is 0.481 e. The zero-order valence-corrected chi connectivity index (χ0v) is 21.3. The standard InChI is InChI=1S/C27H46N2O4/c1-5-29(6-2)16-15-28-25(32)33-19-11-13-26(3)18(17-19)7-8-20-21-9-10-23(24(30)31)27(21,4)14-12-22(20)26/h18-23H,5-17H2,1-4H3,(H,28,32)(H,30,31)/t18?,19?,20-,21-,22-,23?,26-,27-/m0/s1. The maximum Gasteiger partial charge on any atom is 0.407 e. The van der Waals surface area contributed by atoms with Crippen LogP contribution in [0.2, 0.25) is 0 Å². The summed E-state index contributed by atoms with van der Waals surface area (Å²) < 4.78 is 5.86. The van der Waals surface area contributed by atoms with Crippen LogP contribution in [0.25, 0.3) is 0 Å². The number of carbonyl (C=O) groups excluding carboxylic acids is 1. The number of likely N-dealkylation sites (N-methyl/N-ethyl adjacent to an activating group) is 1. The van der Waals surface area contributed by atoms with Crippen molar-refractivity contribution in [3.8, 4) is 0 Å². The lowest BCUT2D eigenvalue weighted by molar-refractivity contribution is -0.154. The Labute approximate surface area is 200 Å². The summed E-state index contributed by atoms with van der Waals surface area (Å²) in [6.07, 6.45) is 9.45. The van der Waals surface area contributed by atoms with Crippen molar-refractivity contribution in [3.05, 3.63) is 0 Å². The average Bonchev–Trinajstić information content (AvgIpc) is 3.14. The van der Waals surface area contributed by atoms with E-state index >= 15 is 0 Å². The monoisotopic (exact) mass is 462 g/mol. The molecule has 188 valence electrons. The first-order chi connectivity index (χ1) is 15.7. The van der Waals surface area contributed by atoms with Gasteiger partial charge in [0.25, 0.3) is 0 Å². The van der Waals surface area contributed by atoms with Crippen molar-refractivity contribution in [2.45, 2.75) is 91.6 Å². The molecule has 0 radical (unpaired) electrons. The fourth-order valence-electron chi connectivity index (χ4n) is 8.78. The van der Waals surface area contributed by atoms with Crippen molar-refractivity contribution >= 4 is 12.1 Å². The predicted octanol–water partition coefficient (Wildman–Crippen LogP) is 5.17. The van der Waals surface area contributed by atoms with Gasteiger partial charge in [-0.15, -0.1) is 0 Å². The maximum atomic E-state index is 12.4. The molecule has 6 heteroatoms. The minimum Gasteiger partial charge on any atom is -0.481 e. The molecule has 0 heterocycles. The third-order valence-electron chi connectivity index (χ3n) is 10.8. The fraction of sp³-hybridized carbons (Fsp3) is 0.926. The Balaban J connectivity index is 1.33. The topological polar surface area (TPSA) is 78.9 Å². The third-order valence-corrected chi connectivity index (χ3v) is 10.8. The summed E-state index contributed by atoms with van der Waals surface area (Å²) in [6.45, 7) is 12.5. The molecule has 4 saturated carbocycles. The van der Waals surface area contributed by atoms with Crippen LogP contribution in [0.1, 0.15) is 85.5 Å². The smallest absolute Gasteiger partial charge is 0.407 e. The molecule has 6 nitrogen and oxygen atoms in total. The molecule has 0 saturated heterocycles. The van der Waals surface area contributed by atoms with Gasteiger partial charge in [0, 0.05) is 13.1 Å². The summed E-state index contributed by atoms with van der Waals surface area (Å²) in [5, 5.41) is 12.8. The minimum absolute atomic E-state index is 0.0142. The maximum absolute atomic E-state index is 12.4. The van der Waals surface area contributed by atoms with E-state index in [1.165, 1.54) is 19.3 Å². The molecular formula is C27H46N2O4. The normalized spacial score (nSPS) is 42.2. The summed E-state index contributed by atoms with van der Waals surface area (Å²) in [7, 11) is 0. The molecule has 4 aliphatic rings. The highest BCUT2D eigenvalue weighted by Gasteiger charge is 2.61. The van der Waals surface area contributed by atoms with E-state index in [0.717, 1.165) is 58.2 Å². The molecule has 4 fully saturated rings. The molecule has 8 atom stereocenters. The van der Waals surface area contributed by atoms with Crippen molar-refractivity contribution in [1.29, 1.82) is 0 Å². The summed E-state index contributed by atoms with van der Waals surface area (Å²) >= 11 is 0. The van der Waals surface area contributed by atoms with Crippen molar-refractivity contribution in [1.82, 2.24) is 10.2 Å². The van der Waals surface area contributed by atoms with Gasteiger partial charge in [-0.25, -0.2) is 4.79 Å². The van der Waals surface area contributed by atoms with Crippen LogP contribution in [0.15, 0.2) is 0 Å². The number of carboxylic acid groups (broad SMARTS) is 1. The SMILES string of the molecule is CCN(CC)CCNC(=O)OC1CC[C@@]2(C)C(CC[C@@H]3[C@@H]2CC[C@]2(C)C(C(=O)O)CC[C@@H]32)C1. The van der Waals surface area contributed by atoms with Gasteiger partial charge in [-0.3, -0.25) is 4.79 Å². The minimum atomic E-state index is -0.577. The molecule has 2 N–H and O–H groups in total. The van der Waals surface area contributed by atoms with Gasteiger partial charge < -0.3 is 20.1 Å². The lowest BCUT2D eigenvalue weighted by atomic mass is 9.44. The van der Waals surface area contributed by atoms with Crippen LogP contribution in [0.5, 0.6) is 0 Å². The van der Waals surface area contributed by atoms with Gasteiger partial charge >= 0.3 is 12.1 Å². The Bertz CT molecular complexity index is 725. The lowest BCUT2D eigenvalue weighted by Crippen LogP contribution is -2.54. The highest BCUT2D eigenvalue weighted by Crippen LogP contribution is 2.67. The molecule has 4 aliphatic carbocycles. The molecule has 0 aromatic carbocycles. The van der Waals surface area contributed by atoms with Gasteiger partial charge in [0.05, 0.1) is 5.92 Å². The second-order valence-electron chi connectivity index (χ2n) is 11.9. The van der Waals surface area contributed by atoms with Gasteiger partial charge in [0.2, 0.25) is 0 Å². The first kappa shape index (κ1) is 24.8. The number of hydrogen-bond acceptors (Lipinski definition) is 4. The number of fused-ring (bicyclic) bond motifs is 5. The quantitative estimate of drug-likeness (QED) is 0.546. The highest BCUT2D eigenvalue weighted by atomic mass is 16.6. The van der Waals surface area contributed by atoms with E-state index in [0.29, 0.717) is 35.6 Å². The molecule has 33 heavy (non-hydrogen) atoms. The Kier molecular flexibility index (Phi) is 7.33. The van der Waals surface area contributed by atoms with Crippen LogP contribution in [0, 0.1) is 40.4 Å². The first-order valence-corrected chi connectivity index (χ1v) is 13.6. The van der Waals surface area contributed by atoms with Crippen LogP contribution in [-0.2, 0) is 9.53 Å². The number of aliphatic carboxylic acids is 1. The molecule has 0 spiro atoms. The number of amides is 1. The Morgan fingerprint density at radius 1 is 0.970 bits per heavy atom. The molecule has 1 amide bonds. The number of carboxylic acids is 1. The summed E-state index contributed by atoms with van der Waals surface area (Å²) in [4.78, 5) is 26.6. The summed E-state index contributed by atoms with van der Waals surface area (Å²) in [5.41, 5.74) is 0.296. The Morgan fingerprint density at radius 3 is 2.36 bits per heavy atom. The first-order valence-electron chi connectivity index (χ1n) is 13.6. The van der Waals surface area contributed by atoms with Crippen LogP contribution < -0.4 is 5.32 Å². The van der Waals surface area contributed by atoms with Crippen LogP contribution in [-0.4, -0.2) is 54.4 Å². The lowest BCUT2D eigenvalue weighted by Gasteiger charge is -2.60. The summed E-state index contributed by atoms with van der Waals surface area (Å²) in [6, 6.07) is 0. The van der Waals surface area contributed by atoms with Crippen molar-refractivity contribution in [2.75, 3.05) is 26.2 Å². The molecule has 0 bridgehead atoms. The number of rotatable bonds is 7. The number of alkyl carbamates (subject to hydrolysis) is 1. The zero-order chi connectivity index (χ0) is 23.8. The number of carbonyl (C=O) groups is 2. The molecule has 4 rings (SSSR count). The van der Waals surface area contributed by atoms with Crippen molar-refractivity contribution in [2.24, 2.45) is 40.4 Å². The highest BCUT2D eigenvalue weighted by molar-refractivity contribution is 5.71. The number of ether oxygens (including phenoxy) is 1. The van der Waals surface area contributed by atoms with Gasteiger partial charge in [-0.2, -0.15) is 0 Å². The van der Waals surface area contributed by atoms with Gasteiger partial charge in [-0.05, 0) is 105 Å². The molecule has 3 unspecified atom stereocenters. The van der Waals surface area contributed by atoms with Gasteiger partial charge in [0.15, 0.2) is 0 Å². The second-order valence-corrected chi connectivity index (χ2v) is 11.9. The zero-order valence-electron chi connectivity index (χ0n) is 21.3. The second kappa shape index (κ2) is 9.75. The number of nitrogens with zero attached hydrogens (tertiary/aromatic N) is 1. The van der Waals surface area contributed by atoms with Crippen LogP contribution in [0.4, 0.5) is 4.79 Å². The van der Waals surface area contributed by atoms with Gasteiger partial charge in [0.1, 0.15) is 6.10 Å². The van der Waals surface area contributed by atoms with E-state index in [4.69, 9.17) is 4.74 Å². The van der Waals surface area contributed by atoms with E-state index in [1.807, 2.05) is 0 Å². The van der Waals surface area contributed by atoms with E-state index in [1.54, 1.807) is 0 Å². The van der Waals surface area contributed by atoms with E-state index in [2.05, 4.69) is 37.9 Å². The molecule has 0 aromatic heterocycles. The Hall–Kier alpha value is -1.30. The average molecular weight is 463 g/mol.